The Morgan fingerprint density at radius 1 is 1.00 bits per heavy atom. The van der Waals surface area contributed by atoms with Crippen LogP contribution in [0.4, 0.5) is 5.69 Å². The molecule has 1 heterocycles. The SMILES string of the molecule is O=C1CCC(=O)N1c1ccc(S(=O)(=O)NCCSCc2ccccc2Cl)cc1. The van der Waals surface area contributed by atoms with E-state index in [4.69, 9.17) is 11.6 Å². The highest BCUT2D eigenvalue weighted by Crippen LogP contribution is 2.24. The van der Waals surface area contributed by atoms with Gasteiger partial charge in [0.1, 0.15) is 0 Å². The molecule has 2 aromatic carbocycles. The van der Waals surface area contributed by atoms with Crippen LogP contribution in [0, 0.1) is 0 Å². The largest absolute Gasteiger partial charge is 0.274 e. The number of carbonyl (C=O) groups is 2. The summed E-state index contributed by atoms with van der Waals surface area (Å²) in [5.74, 6) is 0.761. The van der Waals surface area contributed by atoms with Gasteiger partial charge in [-0.05, 0) is 35.9 Å². The second kappa shape index (κ2) is 9.09. The zero-order valence-corrected chi connectivity index (χ0v) is 17.3. The number of halogens is 1. The highest BCUT2D eigenvalue weighted by molar-refractivity contribution is 7.98. The van der Waals surface area contributed by atoms with Gasteiger partial charge in [0.25, 0.3) is 0 Å². The molecule has 3 rings (SSSR count). The minimum Gasteiger partial charge on any atom is -0.274 e. The summed E-state index contributed by atoms with van der Waals surface area (Å²) in [5, 5.41) is 0.700. The van der Waals surface area contributed by atoms with E-state index in [1.54, 1.807) is 11.8 Å². The third-order valence-electron chi connectivity index (χ3n) is 4.21. The first-order chi connectivity index (χ1) is 13.4. The lowest BCUT2D eigenvalue weighted by atomic mass is 10.2. The number of amides is 2. The fourth-order valence-corrected chi connectivity index (χ4v) is 5.07. The van der Waals surface area contributed by atoms with Gasteiger partial charge in [-0.2, -0.15) is 11.8 Å². The van der Waals surface area contributed by atoms with Gasteiger partial charge in [0.15, 0.2) is 0 Å². The summed E-state index contributed by atoms with van der Waals surface area (Å²) < 4.78 is 27.3. The number of rotatable bonds is 8. The van der Waals surface area contributed by atoms with Crippen LogP contribution in [0.5, 0.6) is 0 Å². The fraction of sp³-hybridized carbons (Fsp3) is 0.263. The first-order valence-corrected chi connectivity index (χ1v) is 11.7. The van der Waals surface area contributed by atoms with E-state index < -0.39 is 10.0 Å². The van der Waals surface area contributed by atoms with E-state index in [0.29, 0.717) is 22.2 Å². The lowest BCUT2D eigenvalue weighted by molar-refractivity contribution is -0.121. The molecule has 0 atom stereocenters. The smallest absolute Gasteiger partial charge is 0.240 e. The van der Waals surface area contributed by atoms with Crippen LogP contribution < -0.4 is 9.62 Å². The van der Waals surface area contributed by atoms with Crippen LogP contribution in [-0.4, -0.2) is 32.5 Å². The van der Waals surface area contributed by atoms with Crippen molar-refractivity contribution in [2.24, 2.45) is 0 Å². The molecule has 0 radical (unpaired) electrons. The lowest BCUT2D eigenvalue weighted by Crippen LogP contribution is -2.29. The maximum atomic E-state index is 12.4. The van der Waals surface area contributed by atoms with Crippen molar-refractivity contribution in [1.82, 2.24) is 4.72 Å². The number of sulfonamides is 1. The van der Waals surface area contributed by atoms with Gasteiger partial charge in [-0.25, -0.2) is 13.1 Å². The number of nitrogens with zero attached hydrogens (tertiary/aromatic N) is 1. The van der Waals surface area contributed by atoms with Crippen molar-refractivity contribution in [3.63, 3.8) is 0 Å². The summed E-state index contributed by atoms with van der Waals surface area (Å²) in [5.41, 5.74) is 1.40. The van der Waals surface area contributed by atoms with Crippen LogP contribution in [0.1, 0.15) is 18.4 Å². The van der Waals surface area contributed by atoms with Crippen molar-refractivity contribution in [2.45, 2.75) is 23.5 Å². The standard InChI is InChI=1S/C19H19ClN2O4S2/c20-17-4-2-1-3-14(17)13-27-12-11-21-28(25,26)16-7-5-15(6-8-16)22-18(23)9-10-19(22)24/h1-8,21H,9-13H2. The van der Waals surface area contributed by atoms with E-state index in [-0.39, 0.29) is 36.1 Å². The molecule has 1 saturated heterocycles. The van der Waals surface area contributed by atoms with Gasteiger partial charge in [0.05, 0.1) is 10.6 Å². The van der Waals surface area contributed by atoms with Crippen molar-refractivity contribution in [3.8, 4) is 0 Å². The predicted octanol–water partition coefficient (Wildman–Crippen LogP) is 3.21. The van der Waals surface area contributed by atoms with Gasteiger partial charge in [-0.1, -0.05) is 29.8 Å². The van der Waals surface area contributed by atoms with Gasteiger partial charge >= 0.3 is 0 Å². The number of carbonyl (C=O) groups excluding carboxylic acids is 2. The second-order valence-electron chi connectivity index (χ2n) is 6.16. The third kappa shape index (κ3) is 4.94. The molecule has 1 N–H and O–H groups in total. The Balaban J connectivity index is 1.52. The molecule has 2 amide bonds. The minimum atomic E-state index is -3.66. The zero-order chi connectivity index (χ0) is 20.1. The van der Waals surface area contributed by atoms with Gasteiger partial charge in [-0.3, -0.25) is 14.5 Å². The van der Waals surface area contributed by atoms with E-state index >= 15 is 0 Å². The molecule has 0 aliphatic carbocycles. The maximum absolute atomic E-state index is 12.4. The first-order valence-electron chi connectivity index (χ1n) is 8.65. The Bertz CT molecular complexity index is 962. The topological polar surface area (TPSA) is 83.6 Å². The van der Waals surface area contributed by atoms with Crippen LogP contribution in [0.2, 0.25) is 5.02 Å². The number of hydrogen-bond donors (Lipinski definition) is 1. The molecular weight excluding hydrogens is 420 g/mol. The molecule has 0 saturated carbocycles. The Morgan fingerprint density at radius 3 is 2.29 bits per heavy atom. The predicted molar refractivity (Wildman–Crippen MR) is 111 cm³/mol. The molecule has 9 heteroatoms. The molecule has 0 spiro atoms. The third-order valence-corrected chi connectivity index (χ3v) is 7.06. The lowest BCUT2D eigenvalue weighted by Gasteiger charge is -2.14. The molecule has 0 unspecified atom stereocenters. The summed E-state index contributed by atoms with van der Waals surface area (Å²) in [6, 6.07) is 13.3. The van der Waals surface area contributed by atoms with Crippen molar-refractivity contribution in [1.29, 1.82) is 0 Å². The number of imide groups is 1. The molecule has 2 aromatic rings. The Morgan fingerprint density at radius 2 is 1.64 bits per heavy atom. The van der Waals surface area contributed by atoms with Crippen LogP contribution >= 0.6 is 23.4 Å². The number of benzene rings is 2. The maximum Gasteiger partial charge on any atom is 0.240 e. The molecule has 28 heavy (non-hydrogen) atoms. The Hall–Kier alpha value is -1.87. The highest BCUT2D eigenvalue weighted by atomic mass is 35.5. The van der Waals surface area contributed by atoms with Crippen molar-refractivity contribution in [2.75, 3.05) is 17.2 Å². The first kappa shape index (κ1) is 20.9. The molecule has 1 aliphatic rings. The average molecular weight is 439 g/mol. The van der Waals surface area contributed by atoms with Gasteiger partial charge < -0.3 is 0 Å². The molecule has 0 bridgehead atoms. The zero-order valence-electron chi connectivity index (χ0n) is 14.9. The van der Waals surface area contributed by atoms with Gasteiger partial charge in [0, 0.05) is 35.9 Å². The Kier molecular flexibility index (Phi) is 6.77. The van der Waals surface area contributed by atoms with E-state index in [1.165, 1.54) is 24.3 Å². The van der Waals surface area contributed by atoms with Crippen molar-refractivity contribution >= 4 is 50.9 Å². The Labute approximate surface area is 173 Å². The van der Waals surface area contributed by atoms with E-state index in [2.05, 4.69) is 4.72 Å². The summed E-state index contributed by atoms with van der Waals surface area (Å²) in [6.45, 7) is 0.280. The average Bonchev–Trinajstić information content (AvgIpc) is 3.01. The molecule has 1 aliphatic heterocycles. The van der Waals surface area contributed by atoms with E-state index in [0.717, 1.165) is 10.5 Å². The van der Waals surface area contributed by atoms with Crippen LogP contribution in [-0.2, 0) is 25.4 Å². The monoisotopic (exact) mass is 438 g/mol. The van der Waals surface area contributed by atoms with Gasteiger partial charge in [0.2, 0.25) is 21.8 Å². The highest BCUT2D eigenvalue weighted by Gasteiger charge is 2.30. The second-order valence-corrected chi connectivity index (χ2v) is 9.44. The van der Waals surface area contributed by atoms with Crippen LogP contribution in [0.3, 0.4) is 0 Å². The quantitative estimate of drug-likeness (QED) is 0.505. The molecule has 6 nitrogen and oxygen atoms in total. The summed E-state index contributed by atoms with van der Waals surface area (Å²) in [6.07, 6.45) is 0.374. The fourth-order valence-electron chi connectivity index (χ4n) is 2.77. The van der Waals surface area contributed by atoms with Crippen LogP contribution in [0.25, 0.3) is 0 Å². The van der Waals surface area contributed by atoms with Crippen molar-refractivity contribution in [3.05, 3.63) is 59.1 Å². The summed E-state index contributed by atoms with van der Waals surface area (Å²) >= 11 is 7.68. The normalized spacial score (nSPS) is 14.7. The van der Waals surface area contributed by atoms with Crippen molar-refractivity contribution < 1.29 is 18.0 Å². The summed E-state index contributed by atoms with van der Waals surface area (Å²) in [7, 11) is -3.66. The van der Waals surface area contributed by atoms with E-state index in [9.17, 15) is 18.0 Å². The number of nitrogens with one attached hydrogen (secondary N) is 1. The molecule has 148 valence electrons. The van der Waals surface area contributed by atoms with Gasteiger partial charge in [-0.15, -0.1) is 0 Å². The minimum absolute atomic E-state index is 0.0893. The molecule has 0 aromatic heterocycles. The number of thioether (sulfide) groups is 1. The van der Waals surface area contributed by atoms with Crippen LogP contribution in [0.15, 0.2) is 53.4 Å². The molecule has 1 fully saturated rings. The molecular formula is C19H19ClN2O4S2. The summed E-state index contributed by atoms with van der Waals surface area (Å²) in [4.78, 5) is 24.7. The number of hydrogen-bond acceptors (Lipinski definition) is 5. The van der Waals surface area contributed by atoms with E-state index in [1.807, 2.05) is 24.3 Å². The number of anilines is 1.